The van der Waals surface area contributed by atoms with E-state index in [1.54, 1.807) is 0 Å². The lowest BCUT2D eigenvalue weighted by Crippen LogP contribution is -2.47. The molecule has 1 saturated carbocycles. The molecule has 0 amide bonds. The maximum atomic E-state index is 4.94. The molecule has 1 aliphatic carbocycles. The predicted octanol–water partition coefficient (Wildman–Crippen LogP) is 4.05. The van der Waals surface area contributed by atoms with Crippen molar-refractivity contribution in [3.8, 4) is 0 Å². The quantitative estimate of drug-likeness (QED) is 0.354. The number of aromatic nitrogens is 3. The Hall–Kier alpha value is -1.64. The number of hydrogen-bond donors (Lipinski definition) is 2. The number of aliphatic imine (C=N–C) groups is 1. The van der Waals surface area contributed by atoms with Crippen molar-refractivity contribution in [2.45, 2.75) is 70.9 Å². The normalized spacial score (nSPS) is 23.9. The molecule has 4 rings (SSSR count). The van der Waals surface area contributed by atoms with Gasteiger partial charge in [-0.15, -0.1) is 24.0 Å². The Morgan fingerprint density at radius 2 is 1.90 bits per heavy atom. The number of nitrogens with zero attached hydrogens (tertiary/aromatic N) is 4. The predicted molar refractivity (Wildman–Crippen MR) is 133 cm³/mol. The molecule has 1 aromatic carbocycles. The summed E-state index contributed by atoms with van der Waals surface area (Å²) in [6.45, 7) is 6.75. The average Bonchev–Trinajstić information content (AvgIpc) is 3.12. The Morgan fingerprint density at radius 1 is 1.13 bits per heavy atom. The van der Waals surface area contributed by atoms with Gasteiger partial charge in [0.15, 0.2) is 5.96 Å². The van der Waals surface area contributed by atoms with Gasteiger partial charge in [-0.3, -0.25) is 4.99 Å². The SMILES string of the molecule is CCNC(=NCC1CCC(c2ccccc2)CC1)NC1CCc2nc(C)nn2C1.I. The Labute approximate surface area is 197 Å². The summed E-state index contributed by atoms with van der Waals surface area (Å²) in [5, 5.41) is 11.6. The fourth-order valence-electron chi connectivity index (χ4n) is 4.69. The van der Waals surface area contributed by atoms with Gasteiger partial charge >= 0.3 is 0 Å². The van der Waals surface area contributed by atoms with Crippen molar-refractivity contribution in [3.05, 3.63) is 47.5 Å². The highest BCUT2D eigenvalue weighted by atomic mass is 127. The molecule has 1 unspecified atom stereocenters. The molecule has 2 aromatic rings. The Bertz CT molecular complexity index is 810. The summed E-state index contributed by atoms with van der Waals surface area (Å²) in [5.41, 5.74) is 1.50. The Kier molecular flexibility index (Phi) is 8.53. The first-order valence-electron chi connectivity index (χ1n) is 11.2. The number of nitrogens with one attached hydrogen (secondary N) is 2. The van der Waals surface area contributed by atoms with E-state index in [1.165, 1.54) is 31.2 Å². The van der Waals surface area contributed by atoms with Crippen LogP contribution in [0, 0.1) is 12.8 Å². The fraction of sp³-hybridized carbons (Fsp3) is 0.609. The summed E-state index contributed by atoms with van der Waals surface area (Å²) >= 11 is 0. The van der Waals surface area contributed by atoms with E-state index in [2.05, 4.69) is 58.0 Å². The first kappa shape index (κ1) is 23.0. The van der Waals surface area contributed by atoms with Gasteiger partial charge in [-0.05, 0) is 63.4 Å². The van der Waals surface area contributed by atoms with Crippen molar-refractivity contribution in [1.29, 1.82) is 0 Å². The van der Waals surface area contributed by atoms with Crippen molar-refractivity contribution in [2.24, 2.45) is 10.9 Å². The van der Waals surface area contributed by atoms with Crippen LogP contribution in [0.15, 0.2) is 35.3 Å². The Balaban J connectivity index is 0.00000256. The molecule has 1 aromatic heterocycles. The van der Waals surface area contributed by atoms with Crippen LogP contribution in [0.1, 0.15) is 62.2 Å². The molecular weight excluding hydrogens is 487 g/mol. The number of halogens is 1. The standard InChI is InChI=1S/C23H34N6.HI/c1-3-24-23(27-21-13-14-22-26-17(2)28-29(22)16-21)25-15-18-9-11-20(12-10-18)19-7-5-4-6-8-19;/h4-8,18,20-21H,3,9-16H2,1-2H3,(H2,24,25,27);1H. The maximum Gasteiger partial charge on any atom is 0.191 e. The second-order valence-corrected chi connectivity index (χ2v) is 8.49. The van der Waals surface area contributed by atoms with E-state index < -0.39 is 0 Å². The van der Waals surface area contributed by atoms with E-state index >= 15 is 0 Å². The molecule has 0 spiro atoms. The summed E-state index contributed by atoms with van der Waals surface area (Å²) in [5.74, 6) is 4.35. The molecule has 1 atom stereocenters. The van der Waals surface area contributed by atoms with E-state index in [9.17, 15) is 0 Å². The number of rotatable bonds is 5. The van der Waals surface area contributed by atoms with Crippen LogP contribution in [0.4, 0.5) is 0 Å². The molecule has 2 heterocycles. The highest BCUT2D eigenvalue weighted by Gasteiger charge is 2.23. The number of guanidine groups is 1. The lowest BCUT2D eigenvalue weighted by molar-refractivity contribution is 0.332. The van der Waals surface area contributed by atoms with E-state index in [0.717, 1.165) is 56.0 Å². The molecule has 7 heteroatoms. The third-order valence-electron chi connectivity index (χ3n) is 6.27. The van der Waals surface area contributed by atoms with Crippen molar-refractivity contribution in [2.75, 3.05) is 13.1 Å². The second-order valence-electron chi connectivity index (χ2n) is 8.49. The van der Waals surface area contributed by atoms with Crippen molar-refractivity contribution < 1.29 is 0 Å². The minimum absolute atomic E-state index is 0. The lowest BCUT2D eigenvalue weighted by Gasteiger charge is -2.29. The summed E-state index contributed by atoms with van der Waals surface area (Å²) in [6, 6.07) is 11.3. The average molecular weight is 522 g/mol. The summed E-state index contributed by atoms with van der Waals surface area (Å²) < 4.78 is 2.05. The zero-order valence-electron chi connectivity index (χ0n) is 18.2. The van der Waals surface area contributed by atoms with Gasteiger partial charge in [0.05, 0.1) is 6.54 Å². The molecule has 0 radical (unpaired) electrons. The molecule has 1 aliphatic heterocycles. The molecule has 2 aliphatic rings. The Morgan fingerprint density at radius 3 is 2.63 bits per heavy atom. The molecule has 6 nitrogen and oxygen atoms in total. The molecule has 0 bridgehead atoms. The van der Waals surface area contributed by atoms with E-state index in [-0.39, 0.29) is 24.0 Å². The van der Waals surface area contributed by atoms with Gasteiger partial charge < -0.3 is 10.6 Å². The van der Waals surface area contributed by atoms with Crippen molar-refractivity contribution in [3.63, 3.8) is 0 Å². The van der Waals surface area contributed by atoms with Crippen molar-refractivity contribution >= 4 is 29.9 Å². The topological polar surface area (TPSA) is 67.1 Å². The first-order chi connectivity index (χ1) is 14.2. The fourth-order valence-corrected chi connectivity index (χ4v) is 4.69. The highest BCUT2D eigenvalue weighted by Crippen LogP contribution is 2.35. The number of aryl methyl sites for hydroxylation is 2. The van der Waals surface area contributed by atoms with E-state index in [0.29, 0.717) is 12.0 Å². The largest absolute Gasteiger partial charge is 0.357 e. The monoisotopic (exact) mass is 522 g/mol. The lowest BCUT2D eigenvalue weighted by atomic mass is 9.79. The van der Waals surface area contributed by atoms with Gasteiger partial charge in [-0.25, -0.2) is 9.67 Å². The van der Waals surface area contributed by atoms with Crippen LogP contribution >= 0.6 is 24.0 Å². The smallest absolute Gasteiger partial charge is 0.191 e. The van der Waals surface area contributed by atoms with Crippen molar-refractivity contribution in [1.82, 2.24) is 25.4 Å². The van der Waals surface area contributed by atoms with E-state index in [4.69, 9.17) is 4.99 Å². The highest BCUT2D eigenvalue weighted by molar-refractivity contribution is 14.0. The number of fused-ring (bicyclic) bond motifs is 1. The molecule has 1 fully saturated rings. The minimum Gasteiger partial charge on any atom is -0.357 e. The van der Waals surface area contributed by atoms with Crippen LogP contribution in [0.25, 0.3) is 0 Å². The van der Waals surface area contributed by atoms with Gasteiger partial charge in [-0.2, -0.15) is 5.10 Å². The van der Waals surface area contributed by atoms with Gasteiger partial charge in [0.2, 0.25) is 0 Å². The molecule has 164 valence electrons. The summed E-state index contributed by atoms with van der Waals surface area (Å²) in [7, 11) is 0. The molecular formula is C23H35IN6. The van der Waals surface area contributed by atoms with Gasteiger partial charge in [-0.1, -0.05) is 30.3 Å². The second kappa shape index (κ2) is 11.1. The van der Waals surface area contributed by atoms with Crippen LogP contribution < -0.4 is 10.6 Å². The number of hydrogen-bond acceptors (Lipinski definition) is 3. The van der Waals surface area contributed by atoms with Gasteiger partial charge in [0.25, 0.3) is 0 Å². The van der Waals surface area contributed by atoms with Gasteiger partial charge in [0.1, 0.15) is 11.6 Å². The van der Waals surface area contributed by atoms with Crippen LogP contribution in [0.3, 0.4) is 0 Å². The zero-order valence-corrected chi connectivity index (χ0v) is 20.5. The molecule has 0 saturated heterocycles. The van der Waals surface area contributed by atoms with Crippen LogP contribution in [-0.2, 0) is 13.0 Å². The zero-order chi connectivity index (χ0) is 20.1. The molecule has 2 N–H and O–H groups in total. The van der Waals surface area contributed by atoms with Gasteiger partial charge in [0, 0.05) is 25.6 Å². The van der Waals surface area contributed by atoms with Crippen LogP contribution in [0.2, 0.25) is 0 Å². The van der Waals surface area contributed by atoms with Crippen LogP contribution in [-0.4, -0.2) is 39.9 Å². The van der Waals surface area contributed by atoms with E-state index in [1.807, 2.05) is 11.6 Å². The number of benzene rings is 1. The maximum absolute atomic E-state index is 4.94. The summed E-state index contributed by atoms with van der Waals surface area (Å²) in [6.07, 6.45) is 7.16. The third kappa shape index (κ3) is 5.95. The third-order valence-corrected chi connectivity index (χ3v) is 6.27. The summed E-state index contributed by atoms with van der Waals surface area (Å²) in [4.78, 5) is 9.44. The molecule has 30 heavy (non-hydrogen) atoms. The first-order valence-corrected chi connectivity index (χ1v) is 11.2. The minimum atomic E-state index is 0. The van der Waals surface area contributed by atoms with Crippen LogP contribution in [0.5, 0.6) is 0 Å².